The molecule has 6 heteroatoms. The number of hydrogen-bond acceptors (Lipinski definition) is 5. The van der Waals surface area contributed by atoms with Crippen LogP contribution < -0.4 is 9.47 Å². The first-order valence-corrected chi connectivity index (χ1v) is 12.4. The molecule has 0 bridgehead atoms. The third-order valence-electron chi connectivity index (χ3n) is 6.97. The zero-order valence-corrected chi connectivity index (χ0v) is 20.5. The first-order chi connectivity index (χ1) is 16.0. The van der Waals surface area contributed by atoms with Crippen molar-refractivity contribution in [2.75, 3.05) is 32.8 Å². The van der Waals surface area contributed by atoms with E-state index in [1.54, 1.807) is 0 Å². The monoisotopic (exact) mass is 471 g/mol. The Morgan fingerprint density at radius 2 is 2.03 bits per heavy atom. The predicted molar refractivity (Wildman–Crippen MR) is 130 cm³/mol. The van der Waals surface area contributed by atoms with Gasteiger partial charge in [0.1, 0.15) is 18.1 Å². The first-order valence-electron chi connectivity index (χ1n) is 12.0. The van der Waals surface area contributed by atoms with Crippen molar-refractivity contribution in [2.45, 2.75) is 58.0 Å². The summed E-state index contributed by atoms with van der Waals surface area (Å²) < 4.78 is 17.4. The number of piperidine rings is 1. The van der Waals surface area contributed by atoms with Crippen LogP contribution in [0.1, 0.15) is 55.7 Å². The minimum Gasteiger partial charge on any atom is -0.492 e. The quantitative estimate of drug-likeness (QED) is 0.347. The number of esters is 1. The Kier molecular flexibility index (Phi) is 7.82. The average Bonchev–Trinajstić information content (AvgIpc) is 3.16. The number of nitrogens with zero attached hydrogens (tertiary/aromatic N) is 1. The summed E-state index contributed by atoms with van der Waals surface area (Å²) in [4.78, 5) is 14.3. The molecule has 0 aromatic heterocycles. The first kappa shape index (κ1) is 23.9. The number of rotatable bonds is 9. The number of ether oxygens (including phenoxy) is 3. The lowest BCUT2D eigenvalue weighted by molar-refractivity contribution is -0.144. The van der Waals surface area contributed by atoms with Crippen LogP contribution in [0.4, 0.5) is 0 Å². The normalized spacial score (nSPS) is 16.9. The van der Waals surface area contributed by atoms with E-state index in [0.717, 1.165) is 73.0 Å². The Hall–Kier alpha value is -2.24. The highest BCUT2D eigenvalue weighted by molar-refractivity contribution is 6.31. The molecule has 0 unspecified atom stereocenters. The molecule has 2 aliphatic rings. The topological polar surface area (TPSA) is 48.0 Å². The molecule has 0 amide bonds. The van der Waals surface area contributed by atoms with Gasteiger partial charge in [-0.2, -0.15) is 0 Å². The van der Waals surface area contributed by atoms with E-state index in [2.05, 4.69) is 17.9 Å². The highest BCUT2D eigenvalue weighted by Crippen LogP contribution is 2.46. The lowest BCUT2D eigenvalue weighted by Crippen LogP contribution is -2.44. The summed E-state index contributed by atoms with van der Waals surface area (Å²) in [5, 5.41) is 0.729. The van der Waals surface area contributed by atoms with Crippen molar-refractivity contribution in [1.29, 1.82) is 0 Å². The second kappa shape index (κ2) is 10.8. The van der Waals surface area contributed by atoms with Gasteiger partial charge in [-0.05, 0) is 57.0 Å². The number of hydrogen-bond donors (Lipinski definition) is 0. The van der Waals surface area contributed by atoms with Gasteiger partial charge in [-0.1, -0.05) is 43.1 Å². The van der Waals surface area contributed by atoms with Gasteiger partial charge < -0.3 is 19.1 Å². The summed E-state index contributed by atoms with van der Waals surface area (Å²) in [6.45, 7) is 8.52. The SMILES string of the molecule is CCCCOC(=O)CCN1CCC2(CC1)COc1cc(OCc3c(C)cccc3Cl)ccc12. The van der Waals surface area contributed by atoms with Gasteiger partial charge in [-0.15, -0.1) is 0 Å². The molecule has 1 fully saturated rings. The zero-order chi connectivity index (χ0) is 23.3. The van der Waals surface area contributed by atoms with E-state index in [1.165, 1.54) is 5.56 Å². The van der Waals surface area contributed by atoms with Crippen molar-refractivity contribution in [3.8, 4) is 11.5 Å². The van der Waals surface area contributed by atoms with Gasteiger partial charge in [0, 0.05) is 34.2 Å². The standard InChI is InChI=1S/C27H34ClNO4/c1-3-4-16-31-26(30)10-13-29-14-11-27(12-15-29)19-33-25-17-21(8-9-23(25)27)32-18-22-20(2)6-5-7-24(22)28/h5-9,17H,3-4,10-16,18-19H2,1-2H3. The Morgan fingerprint density at radius 1 is 1.21 bits per heavy atom. The van der Waals surface area contributed by atoms with Gasteiger partial charge in [0.15, 0.2) is 0 Å². The molecule has 0 saturated carbocycles. The summed E-state index contributed by atoms with van der Waals surface area (Å²) in [7, 11) is 0. The maximum absolute atomic E-state index is 11.9. The van der Waals surface area contributed by atoms with Crippen molar-refractivity contribution in [2.24, 2.45) is 0 Å². The van der Waals surface area contributed by atoms with E-state index in [9.17, 15) is 4.79 Å². The molecule has 0 aliphatic carbocycles. The van der Waals surface area contributed by atoms with Gasteiger partial charge in [-0.3, -0.25) is 4.79 Å². The smallest absolute Gasteiger partial charge is 0.307 e. The summed E-state index contributed by atoms with van der Waals surface area (Å²) in [5.74, 6) is 1.64. The van der Waals surface area contributed by atoms with Crippen LogP contribution in [-0.2, 0) is 21.6 Å². The fourth-order valence-electron chi connectivity index (χ4n) is 4.72. The van der Waals surface area contributed by atoms with Crippen molar-refractivity contribution in [3.05, 3.63) is 58.1 Å². The summed E-state index contributed by atoms with van der Waals surface area (Å²) in [6, 6.07) is 12.1. The van der Waals surface area contributed by atoms with Gasteiger partial charge >= 0.3 is 5.97 Å². The van der Waals surface area contributed by atoms with Gasteiger partial charge in [0.2, 0.25) is 0 Å². The molecule has 2 aromatic rings. The minimum absolute atomic E-state index is 0.0608. The molecule has 1 saturated heterocycles. The van der Waals surface area contributed by atoms with Crippen LogP contribution in [0.2, 0.25) is 5.02 Å². The molecule has 5 nitrogen and oxygen atoms in total. The molecule has 33 heavy (non-hydrogen) atoms. The molecule has 0 N–H and O–H groups in total. The molecule has 2 aromatic carbocycles. The Morgan fingerprint density at radius 3 is 2.79 bits per heavy atom. The number of benzene rings is 2. The van der Waals surface area contributed by atoms with Crippen LogP contribution in [0.25, 0.3) is 0 Å². The Bertz CT molecular complexity index is 948. The molecule has 0 atom stereocenters. The third-order valence-corrected chi connectivity index (χ3v) is 7.33. The van der Waals surface area contributed by atoms with Crippen LogP contribution in [0, 0.1) is 6.92 Å². The number of carbonyl (C=O) groups excluding carboxylic acids is 1. The predicted octanol–water partition coefficient (Wildman–Crippen LogP) is 5.69. The fraction of sp³-hybridized carbons (Fsp3) is 0.519. The summed E-state index contributed by atoms with van der Waals surface area (Å²) in [5.41, 5.74) is 3.48. The number of halogens is 1. The molecular weight excluding hydrogens is 438 g/mol. The lowest BCUT2D eigenvalue weighted by Gasteiger charge is -2.38. The average molecular weight is 472 g/mol. The lowest BCUT2D eigenvalue weighted by atomic mass is 9.74. The number of unbranched alkanes of at least 4 members (excludes halogenated alkanes) is 1. The Labute approximate surface area is 202 Å². The van der Waals surface area contributed by atoms with Crippen molar-refractivity contribution >= 4 is 17.6 Å². The van der Waals surface area contributed by atoms with E-state index in [-0.39, 0.29) is 11.4 Å². The fourth-order valence-corrected chi connectivity index (χ4v) is 4.99. The summed E-state index contributed by atoms with van der Waals surface area (Å²) in [6.07, 6.45) is 4.51. The molecule has 1 spiro atoms. The van der Waals surface area contributed by atoms with E-state index in [1.807, 2.05) is 37.3 Å². The molecule has 2 aliphatic heterocycles. The maximum Gasteiger partial charge on any atom is 0.307 e. The highest BCUT2D eigenvalue weighted by atomic mass is 35.5. The van der Waals surface area contributed by atoms with Crippen LogP contribution >= 0.6 is 11.6 Å². The third kappa shape index (κ3) is 5.64. The molecular formula is C27H34ClNO4. The zero-order valence-electron chi connectivity index (χ0n) is 19.7. The van der Waals surface area contributed by atoms with Crippen LogP contribution in [-0.4, -0.2) is 43.7 Å². The van der Waals surface area contributed by atoms with Gasteiger partial charge in [-0.25, -0.2) is 0 Å². The van der Waals surface area contributed by atoms with Crippen molar-refractivity contribution in [1.82, 2.24) is 4.90 Å². The number of carbonyl (C=O) groups is 1. The molecule has 2 heterocycles. The molecule has 4 rings (SSSR count). The second-order valence-electron chi connectivity index (χ2n) is 9.22. The van der Waals surface area contributed by atoms with Crippen LogP contribution in [0.3, 0.4) is 0 Å². The van der Waals surface area contributed by atoms with E-state index < -0.39 is 0 Å². The second-order valence-corrected chi connectivity index (χ2v) is 9.62. The summed E-state index contributed by atoms with van der Waals surface area (Å²) >= 11 is 6.33. The largest absolute Gasteiger partial charge is 0.492 e. The number of fused-ring (bicyclic) bond motifs is 2. The maximum atomic E-state index is 11.9. The van der Waals surface area contributed by atoms with Crippen LogP contribution in [0.5, 0.6) is 11.5 Å². The van der Waals surface area contributed by atoms with E-state index in [0.29, 0.717) is 26.2 Å². The minimum atomic E-state index is -0.0854. The van der Waals surface area contributed by atoms with Crippen molar-refractivity contribution < 1.29 is 19.0 Å². The molecule has 0 radical (unpaired) electrons. The van der Waals surface area contributed by atoms with Crippen molar-refractivity contribution in [3.63, 3.8) is 0 Å². The Balaban J connectivity index is 1.30. The van der Waals surface area contributed by atoms with Crippen LogP contribution in [0.15, 0.2) is 36.4 Å². The number of likely N-dealkylation sites (tertiary alicyclic amines) is 1. The molecule has 178 valence electrons. The van der Waals surface area contributed by atoms with E-state index in [4.69, 9.17) is 25.8 Å². The van der Waals surface area contributed by atoms with Gasteiger partial charge in [0.05, 0.1) is 19.6 Å². The highest BCUT2D eigenvalue weighted by Gasteiger charge is 2.43. The van der Waals surface area contributed by atoms with E-state index >= 15 is 0 Å². The number of aryl methyl sites for hydroxylation is 1. The van der Waals surface area contributed by atoms with Gasteiger partial charge in [0.25, 0.3) is 0 Å².